The smallest absolute Gasteiger partial charge is 0.251 e. The van der Waals surface area contributed by atoms with E-state index in [0.717, 1.165) is 0 Å². The summed E-state index contributed by atoms with van der Waals surface area (Å²) in [6.07, 6.45) is -3.66. The van der Waals surface area contributed by atoms with Gasteiger partial charge in [0.1, 0.15) is 0 Å². The van der Waals surface area contributed by atoms with Gasteiger partial charge in [0.2, 0.25) is 0 Å². The Labute approximate surface area is 67.8 Å². The normalized spacial score (nSPS) is 13.5. The maximum Gasteiger partial charge on any atom is 0.256 e. The summed E-state index contributed by atoms with van der Waals surface area (Å²) in [6.45, 7) is 1.53. The lowest BCUT2D eigenvalue weighted by Crippen LogP contribution is -2.29. The topological polar surface area (TPSA) is 0 Å². The van der Waals surface area contributed by atoms with Crippen molar-refractivity contribution < 1.29 is 22.0 Å². The minimum atomic E-state index is -3.63. The quantitative estimate of drug-likeness (QED) is 0.582. The van der Waals surface area contributed by atoms with E-state index in [1.54, 1.807) is 0 Å². The third kappa shape index (κ3) is 4.51. The SMILES string of the molecule is [CH2]CC(F)(F)CC(F)(F)CCF. The molecule has 12 heavy (non-hydrogen) atoms. The van der Waals surface area contributed by atoms with E-state index in [1.807, 2.05) is 0 Å². The van der Waals surface area contributed by atoms with Gasteiger partial charge in [-0.1, -0.05) is 0 Å². The molecule has 0 aromatic rings. The van der Waals surface area contributed by atoms with Crippen LogP contribution in [0.3, 0.4) is 0 Å². The van der Waals surface area contributed by atoms with Gasteiger partial charge in [-0.25, -0.2) is 17.6 Å². The first-order chi connectivity index (χ1) is 5.33. The zero-order chi connectivity index (χ0) is 9.83. The summed E-state index contributed by atoms with van der Waals surface area (Å²) in [6, 6.07) is 0. The predicted molar refractivity (Wildman–Crippen MR) is 35.1 cm³/mol. The number of rotatable bonds is 5. The Hall–Kier alpha value is -0.350. The molecular weight excluding hydrogens is 179 g/mol. The van der Waals surface area contributed by atoms with Gasteiger partial charge in [0.15, 0.2) is 0 Å². The summed E-state index contributed by atoms with van der Waals surface area (Å²) < 4.78 is 60.8. The molecule has 0 rings (SSSR count). The molecule has 0 aliphatic carbocycles. The van der Waals surface area contributed by atoms with E-state index in [0.29, 0.717) is 0 Å². The highest BCUT2D eigenvalue weighted by molar-refractivity contribution is 4.77. The molecule has 0 saturated carbocycles. The highest BCUT2D eigenvalue weighted by Crippen LogP contribution is 2.34. The molecule has 0 spiro atoms. The van der Waals surface area contributed by atoms with E-state index in [2.05, 4.69) is 6.92 Å². The van der Waals surface area contributed by atoms with Crippen molar-refractivity contribution in [3.8, 4) is 0 Å². The summed E-state index contributed by atoms with van der Waals surface area (Å²) in [7, 11) is 0. The molecule has 0 aromatic heterocycles. The van der Waals surface area contributed by atoms with Crippen LogP contribution in [0.25, 0.3) is 0 Å². The van der Waals surface area contributed by atoms with Gasteiger partial charge in [-0.2, -0.15) is 0 Å². The van der Waals surface area contributed by atoms with Crippen molar-refractivity contribution in [2.75, 3.05) is 6.67 Å². The van der Waals surface area contributed by atoms with Crippen molar-refractivity contribution >= 4 is 0 Å². The van der Waals surface area contributed by atoms with E-state index >= 15 is 0 Å². The second-order valence-corrected chi connectivity index (χ2v) is 2.58. The molecule has 0 heterocycles. The van der Waals surface area contributed by atoms with Crippen LogP contribution < -0.4 is 0 Å². The van der Waals surface area contributed by atoms with E-state index < -0.39 is 37.8 Å². The van der Waals surface area contributed by atoms with Crippen LogP contribution in [-0.2, 0) is 0 Å². The second kappa shape index (κ2) is 4.05. The number of halogens is 5. The first-order valence-corrected chi connectivity index (χ1v) is 3.44. The molecule has 0 nitrogen and oxygen atoms in total. The fraction of sp³-hybridized carbons (Fsp3) is 0.857. The van der Waals surface area contributed by atoms with Crippen LogP contribution >= 0.6 is 0 Å². The highest BCUT2D eigenvalue weighted by Gasteiger charge is 2.41. The number of alkyl halides is 5. The minimum Gasteiger partial charge on any atom is -0.251 e. The average Bonchev–Trinajstić information content (AvgIpc) is 1.85. The molecule has 0 bridgehead atoms. The maximum atomic E-state index is 12.4. The monoisotopic (exact) mass is 189 g/mol. The van der Waals surface area contributed by atoms with Crippen molar-refractivity contribution in [3.63, 3.8) is 0 Å². The van der Waals surface area contributed by atoms with Gasteiger partial charge in [0, 0.05) is 12.8 Å². The van der Waals surface area contributed by atoms with E-state index in [9.17, 15) is 22.0 Å². The molecule has 0 aliphatic rings. The van der Waals surface area contributed by atoms with Crippen molar-refractivity contribution in [1.29, 1.82) is 0 Å². The summed E-state index contributed by atoms with van der Waals surface area (Å²) in [5.41, 5.74) is 0. The van der Waals surface area contributed by atoms with Crippen molar-refractivity contribution in [2.45, 2.75) is 31.1 Å². The van der Waals surface area contributed by atoms with Crippen molar-refractivity contribution in [1.82, 2.24) is 0 Å². The Morgan fingerprint density at radius 2 is 1.50 bits per heavy atom. The van der Waals surface area contributed by atoms with Crippen LogP contribution in [0.5, 0.6) is 0 Å². The lowest BCUT2D eigenvalue weighted by atomic mass is 10.1. The Morgan fingerprint density at radius 3 is 1.83 bits per heavy atom. The van der Waals surface area contributed by atoms with Gasteiger partial charge in [-0.15, -0.1) is 0 Å². The predicted octanol–water partition coefficient (Wildman–Crippen LogP) is 3.23. The average molecular weight is 189 g/mol. The minimum absolute atomic E-state index is 0.894. The fourth-order valence-corrected chi connectivity index (χ4v) is 0.693. The zero-order valence-corrected chi connectivity index (χ0v) is 6.43. The molecule has 0 aromatic carbocycles. The van der Waals surface area contributed by atoms with Gasteiger partial charge >= 0.3 is 0 Å². The van der Waals surface area contributed by atoms with Gasteiger partial charge in [-0.3, -0.25) is 4.39 Å². The fourth-order valence-electron chi connectivity index (χ4n) is 0.693. The lowest BCUT2D eigenvalue weighted by molar-refractivity contribution is -0.114. The third-order valence-electron chi connectivity index (χ3n) is 1.34. The standard InChI is InChI=1S/C7H10F5/c1-2-6(9,10)5-7(11,12)3-4-8/h1-5H2. The Balaban J connectivity index is 4.04. The van der Waals surface area contributed by atoms with Crippen LogP contribution in [0.1, 0.15) is 19.3 Å². The number of hydrogen-bond donors (Lipinski definition) is 0. The summed E-state index contributed by atoms with van der Waals surface area (Å²) >= 11 is 0. The second-order valence-electron chi connectivity index (χ2n) is 2.58. The Kier molecular flexibility index (Phi) is 3.93. The van der Waals surface area contributed by atoms with Crippen LogP contribution in [-0.4, -0.2) is 18.5 Å². The Bertz CT molecular complexity index is 132. The molecule has 0 fully saturated rings. The van der Waals surface area contributed by atoms with Gasteiger partial charge < -0.3 is 0 Å². The first-order valence-electron chi connectivity index (χ1n) is 3.44. The third-order valence-corrected chi connectivity index (χ3v) is 1.34. The summed E-state index contributed by atoms with van der Waals surface area (Å²) in [5.74, 6) is -7.13. The molecule has 0 unspecified atom stereocenters. The van der Waals surface area contributed by atoms with E-state index in [-0.39, 0.29) is 0 Å². The van der Waals surface area contributed by atoms with Crippen LogP contribution in [0.4, 0.5) is 22.0 Å². The van der Waals surface area contributed by atoms with Crippen molar-refractivity contribution in [3.05, 3.63) is 6.92 Å². The largest absolute Gasteiger partial charge is 0.256 e. The van der Waals surface area contributed by atoms with Crippen LogP contribution in [0.2, 0.25) is 0 Å². The molecule has 0 atom stereocenters. The zero-order valence-electron chi connectivity index (χ0n) is 6.43. The van der Waals surface area contributed by atoms with Crippen molar-refractivity contribution in [2.24, 2.45) is 0 Å². The van der Waals surface area contributed by atoms with Gasteiger partial charge in [-0.05, 0) is 6.92 Å². The number of hydrogen-bond acceptors (Lipinski definition) is 0. The molecule has 73 valence electrons. The molecule has 5 heteroatoms. The van der Waals surface area contributed by atoms with E-state index in [1.165, 1.54) is 0 Å². The van der Waals surface area contributed by atoms with Crippen LogP contribution in [0.15, 0.2) is 0 Å². The molecule has 1 radical (unpaired) electrons. The molecule has 0 saturated heterocycles. The van der Waals surface area contributed by atoms with E-state index in [4.69, 9.17) is 0 Å². The molecule has 0 amide bonds. The summed E-state index contributed by atoms with van der Waals surface area (Å²) in [5, 5.41) is 0. The van der Waals surface area contributed by atoms with Gasteiger partial charge in [0.25, 0.3) is 11.8 Å². The van der Waals surface area contributed by atoms with Gasteiger partial charge in [0.05, 0.1) is 13.1 Å². The van der Waals surface area contributed by atoms with Crippen LogP contribution in [0, 0.1) is 6.92 Å². The highest BCUT2D eigenvalue weighted by atomic mass is 19.3. The maximum absolute atomic E-state index is 12.4. The first kappa shape index (κ1) is 11.6. The molecule has 0 aliphatic heterocycles. The molecular formula is C7H10F5. The lowest BCUT2D eigenvalue weighted by Gasteiger charge is -2.20. The molecule has 0 N–H and O–H groups in total. The summed E-state index contributed by atoms with van der Waals surface area (Å²) in [4.78, 5) is 0. The Morgan fingerprint density at radius 1 is 1.00 bits per heavy atom.